The van der Waals surface area contributed by atoms with E-state index in [1.54, 1.807) is 13.0 Å². The predicted octanol–water partition coefficient (Wildman–Crippen LogP) is 0.846. The quantitative estimate of drug-likeness (QED) is 0.630. The first kappa shape index (κ1) is 17.1. The molecular formula is C14H15N5O5. The van der Waals surface area contributed by atoms with E-state index in [9.17, 15) is 14.4 Å². The van der Waals surface area contributed by atoms with Crippen LogP contribution in [0.15, 0.2) is 24.7 Å². The van der Waals surface area contributed by atoms with Crippen molar-refractivity contribution in [3.63, 3.8) is 0 Å². The first-order chi connectivity index (χ1) is 11.5. The molecule has 0 spiro atoms. The molecule has 0 saturated heterocycles. The summed E-state index contributed by atoms with van der Waals surface area (Å²) in [6.07, 6.45) is 1.55. The lowest BCUT2D eigenvalue weighted by Gasteiger charge is -2.06. The van der Waals surface area contributed by atoms with Crippen LogP contribution in [-0.4, -0.2) is 51.4 Å². The molecule has 0 unspecified atom stereocenters. The second-order valence-electron chi connectivity index (χ2n) is 4.42. The summed E-state index contributed by atoms with van der Waals surface area (Å²) in [5, 5.41) is 6.46. The molecule has 1 amide bonds. The Hall–Kier alpha value is -3.30. The topological polar surface area (TPSA) is 125 Å². The molecule has 2 rings (SSSR count). The third kappa shape index (κ3) is 4.12. The molecule has 0 atom stereocenters. The van der Waals surface area contributed by atoms with Crippen molar-refractivity contribution in [2.24, 2.45) is 0 Å². The standard InChI is InChI=1S/C14H15N5O5/c1-3-24-13(21)7-12(20)17-11-6-10(9-4-5-15-8-16-9)18-19(11)14(22)23-2/h4-6,8H,3,7H2,1-2H3,(H,17,20). The van der Waals surface area contributed by atoms with Crippen molar-refractivity contribution in [1.82, 2.24) is 19.7 Å². The Bertz CT molecular complexity index is 743. The predicted molar refractivity (Wildman–Crippen MR) is 80.9 cm³/mol. The number of carbonyl (C=O) groups excluding carboxylic acids is 3. The number of rotatable bonds is 5. The van der Waals surface area contributed by atoms with Gasteiger partial charge in [0, 0.05) is 12.3 Å². The van der Waals surface area contributed by atoms with E-state index in [-0.39, 0.29) is 12.4 Å². The highest BCUT2D eigenvalue weighted by atomic mass is 16.5. The summed E-state index contributed by atoms with van der Waals surface area (Å²) in [7, 11) is 1.18. The van der Waals surface area contributed by atoms with Gasteiger partial charge in [0.1, 0.15) is 24.3 Å². The zero-order valence-corrected chi connectivity index (χ0v) is 13.1. The van der Waals surface area contributed by atoms with Gasteiger partial charge < -0.3 is 14.8 Å². The van der Waals surface area contributed by atoms with Gasteiger partial charge in [-0.05, 0) is 13.0 Å². The molecule has 126 valence electrons. The van der Waals surface area contributed by atoms with Crippen molar-refractivity contribution in [3.8, 4) is 11.4 Å². The van der Waals surface area contributed by atoms with Crippen LogP contribution >= 0.6 is 0 Å². The van der Waals surface area contributed by atoms with Crippen LogP contribution in [0, 0.1) is 0 Å². The van der Waals surface area contributed by atoms with Gasteiger partial charge in [-0.15, -0.1) is 4.68 Å². The number of nitrogens with one attached hydrogen (secondary N) is 1. The van der Waals surface area contributed by atoms with Gasteiger partial charge in [-0.2, -0.15) is 5.10 Å². The molecule has 10 nitrogen and oxygen atoms in total. The molecule has 0 fully saturated rings. The van der Waals surface area contributed by atoms with E-state index in [4.69, 9.17) is 4.74 Å². The normalized spacial score (nSPS) is 10.1. The van der Waals surface area contributed by atoms with Crippen LogP contribution in [0.5, 0.6) is 0 Å². The zero-order chi connectivity index (χ0) is 17.5. The number of esters is 1. The fourth-order valence-electron chi connectivity index (χ4n) is 1.79. The van der Waals surface area contributed by atoms with Gasteiger partial charge in [0.15, 0.2) is 0 Å². The van der Waals surface area contributed by atoms with Gasteiger partial charge >= 0.3 is 12.1 Å². The molecule has 0 aliphatic heterocycles. The summed E-state index contributed by atoms with van der Waals surface area (Å²) in [4.78, 5) is 42.8. The number of aromatic nitrogens is 4. The van der Waals surface area contributed by atoms with Gasteiger partial charge in [-0.3, -0.25) is 9.59 Å². The van der Waals surface area contributed by atoms with Gasteiger partial charge in [0.05, 0.1) is 19.4 Å². The highest BCUT2D eigenvalue weighted by Crippen LogP contribution is 2.20. The second-order valence-corrected chi connectivity index (χ2v) is 4.42. The van der Waals surface area contributed by atoms with E-state index in [1.807, 2.05) is 0 Å². The van der Waals surface area contributed by atoms with Crippen LogP contribution in [0.3, 0.4) is 0 Å². The Balaban J connectivity index is 2.24. The highest BCUT2D eigenvalue weighted by molar-refractivity contribution is 6.02. The van der Waals surface area contributed by atoms with Crippen molar-refractivity contribution in [2.75, 3.05) is 19.0 Å². The smallest absolute Gasteiger partial charge is 0.436 e. The average molecular weight is 333 g/mol. The van der Waals surface area contributed by atoms with Crippen molar-refractivity contribution in [1.29, 1.82) is 0 Å². The number of carbonyl (C=O) groups is 3. The number of amides is 1. The minimum atomic E-state index is -0.804. The summed E-state index contributed by atoms with van der Waals surface area (Å²) < 4.78 is 10.2. The van der Waals surface area contributed by atoms with E-state index in [1.165, 1.54) is 25.7 Å². The Morgan fingerprint density at radius 2 is 2.08 bits per heavy atom. The second kappa shape index (κ2) is 7.81. The van der Waals surface area contributed by atoms with Crippen molar-refractivity contribution in [2.45, 2.75) is 13.3 Å². The fraction of sp³-hybridized carbons (Fsp3) is 0.286. The number of ether oxygens (including phenoxy) is 2. The molecule has 0 aromatic carbocycles. The van der Waals surface area contributed by atoms with Gasteiger partial charge in [0.2, 0.25) is 5.91 Å². The highest BCUT2D eigenvalue weighted by Gasteiger charge is 2.19. The lowest BCUT2D eigenvalue weighted by Crippen LogP contribution is -2.22. The molecular weight excluding hydrogens is 318 g/mol. The first-order valence-corrected chi connectivity index (χ1v) is 6.95. The van der Waals surface area contributed by atoms with Crippen molar-refractivity contribution < 1.29 is 23.9 Å². The lowest BCUT2D eigenvalue weighted by molar-refractivity contribution is -0.145. The molecule has 2 aromatic heterocycles. The van der Waals surface area contributed by atoms with E-state index in [2.05, 4.69) is 25.1 Å². The number of anilines is 1. The molecule has 0 saturated carbocycles. The number of hydrogen-bond donors (Lipinski definition) is 1. The van der Waals surface area contributed by atoms with Crippen molar-refractivity contribution in [3.05, 3.63) is 24.7 Å². The Kier molecular flexibility index (Phi) is 5.55. The van der Waals surface area contributed by atoms with Crippen LogP contribution in [0.25, 0.3) is 11.4 Å². The first-order valence-electron chi connectivity index (χ1n) is 6.95. The largest absolute Gasteiger partial charge is 0.466 e. The zero-order valence-electron chi connectivity index (χ0n) is 13.1. The molecule has 1 N–H and O–H groups in total. The van der Waals surface area contributed by atoms with Gasteiger partial charge in [-0.25, -0.2) is 14.8 Å². The number of nitrogens with zero attached hydrogens (tertiary/aromatic N) is 4. The third-order valence-electron chi connectivity index (χ3n) is 2.78. The molecule has 24 heavy (non-hydrogen) atoms. The Morgan fingerprint density at radius 3 is 2.71 bits per heavy atom. The summed E-state index contributed by atoms with van der Waals surface area (Å²) >= 11 is 0. The van der Waals surface area contributed by atoms with Crippen LogP contribution in [0.2, 0.25) is 0 Å². The maximum Gasteiger partial charge on any atom is 0.436 e. The minimum absolute atomic E-state index is 0.0461. The lowest BCUT2D eigenvalue weighted by atomic mass is 10.3. The minimum Gasteiger partial charge on any atom is -0.466 e. The third-order valence-corrected chi connectivity index (χ3v) is 2.78. The van der Waals surface area contributed by atoms with E-state index >= 15 is 0 Å². The van der Waals surface area contributed by atoms with Crippen molar-refractivity contribution >= 4 is 23.8 Å². The monoisotopic (exact) mass is 333 g/mol. The molecule has 0 aliphatic rings. The Morgan fingerprint density at radius 1 is 1.29 bits per heavy atom. The SMILES string of the molecule is CCOC(=O)CC(=O)Nc1cc(-c2ccncn2)nn1C(=O)OC. The maximum atomic E-state index is 11.9. The van der Waals surface area contributed by atoms with Crippen LogP contribution < -0.4 is 5.32 Å². The van der Waals surface area contributed by atoms with E-state index in [0.717, 1.165) is 4.68 Å². The van der Waals surface area contributed by atoms with Crippen LogP contribution in [0.1, 0.15) is 13.3 Å². The van der Waals surface area contributed by atoms with E-state index in [0.29, 0.717) is 11.4 Å². The van der Waals surface area contributed by atoms with Crippen LogP contribution in [-0.2, 0) is 19.1 Å². The number of hydrogen-bond acceptors (Lipinski definition) is 8. The molecule has 10 heteroatoms. The van der Waals surface area contributed by atoms with E-state index < -0.39 is 24.4 Å². The average Bonchev–Trinajstić information content (AvgIpc) is 2.98. The maximum absolute atomic E-state index is 11.9. The van der Waals surface area contributed by atoms with Crippen LogP contribution in [0.4, 0.5) is 10.6 Å². The molecule has 0 radical (unpaired) electrons. The molecule has 0 aliphatic carbocycles. The summed E-state index contributed by atoms with van der Waals surface area (Å²) in [6.45, 7) is 1.81. The molecule has 0 bridgehead atoms. The van der Waals surface area contributed by atoms with Gasteiger partial charge in [0.25, 0.3) is 0 Å². The summed E-state index contributed by atoms with van der Waals surface area (Å²) in [6, 6.07) is 3.02. The molecule has 2 heterocycles. The van der Waals surface area contributed by atoms with Gasteiger partial charge in [-0.1, -0.05) is 0 Å². The summed E-state index contributed by atoms with van der Waals surface area (Å²) in [5.41, 5.74) is 0.780. The fourth-order valence-corrected chi connectivity index (χ4v) is 1.79. The molecule has 2 aromatic rings. The Labute approximate surface area is 136 Å². The summed E-state index contributed by atoms with van der Waals surface area (Å²) in [5.74, 6) is -1.27. The number of methoxy groups -OCH3 is 1.